The molecule has 0 aromatic rings. The van der Waals surface area contributed by atoms with E-state index in [-0.39, 0.29) is 12.6 Å². The molecule has 3 heteroatoms. The molecule has 0 amide bonds. The van der Waals surface area contributed by atoms with Crippen molar-refractivity contribution in [3.8, 4) is 0 Å². The summed E-state index contributed by atoms with van der Waals surface area (Å²) in [6.07, 6.45) is 10.7. The SMILES string of the molecule is CCOC(=O)CCCCC=CC=CCO. The second-order valence-electron chi connectivity index (χ2n) is 3.09. The molecule has 0 heterocycles. The number of hydrogen-bond donors (Lipinski definition) is 1. The molecule has 0 aliphatic heterocycles. The molecule has 0 spiro atoms. The lowest BCUT2D eigenvalue weighted by atomic mass is 10.2. The molecule has 0 bridgehead atoms. The van der Waals surface area contributed by atoms with E-state index in [1.54, 1.807) is 6.08 Å². The van der Waals surface area contributed by atoms with E-state index in [0.717, 1.165) is 19.3 Å². The van der Waals surface area contributed by atoms with Gasteiger partial charge in [0.1, 0.15) is 0 Å². The number of carbonyl (C=O) groups excluding carboxylic acids is 1. The van der Waals surface area contributed by atoms with Crippen molar-refractivity contribution >= 4 is 5.97 Å². The fourth-order valence-electron chi connectivity index (χ4n) is 1.08. The first-order valence-corrected chi connectivity index (χ1v) is 5.39. The monoisotopic (exact) mass is 212 g/mol. The van der Waals surface area contributed by atoms with Crippen LogP contribution >= 0.6 is 0 Å². The van der Waals surface area contributed by atoms with Crippen LogP contribution in [0.2, 0.25) is 0 Å². The minimum Gasteiger partial charge on any atom is -0.466 e. The predicted molar refractivity (Wildman–Crippen MR) is 60.5 cm³/mol. The van der Waals surface area contributed by atoms with Gasteiger partial charge in [-0.3, -0.25) is 4.79 Å². The van der Waals surface area contributed by atoms with Gasteiger partial charge in [0.15, 0.2) is 0 Å². The Bertz CT molecular complexity index is 207. The highest BCUT2D eigenvalue weighted by Gasteiger charge is 1.99. The van der Waals surface area contributed by atoms with E-state index >= 15 is 0 Å². The number of ether oxygens (including phenoxy) is 1. The molecule has 0 aromatic carbocycles. The fraction of sp³-hybridized carbons (Fsp3) is 0.583. The minimum absolute atomic E-state index is 0.0766. The van der Waals surface area contributed by atoms with Crippen LogP contribution in [0.1, 0.15) is 32.6 Å². The fourth-order valence-corrected chi connectivity index (χ4v) is 1.08. The summed E-state index contributed by atoms with van der Waals surface area (Å²) >= 11 is 0. The Morgan fingerprint density at radius 2 is 2.00 bits per heavy atom. The van der Waals surface area contributed by atoms with E-state index in [1.807, 2.05) is 25.2 Å². The quantitative estimate of drug-likeness (QED) is 0.381. The normalized spacial score (nSPS) is 11.3. The zero-order chi connectivity index (χ0) is 11.4. The molecule has 0 unspecified atom stereocenters. The van der Waals surface area contributed by atoms with Crippen molar-refractivity contribution in [3.05, 3.63) is 24.3 Å². The highest BCUT2D eigenvalue weighted by atomic mass is 16.5. The lowest BCUT2D eigenvalue weighted by molar-refractivity contribution is -0.143. The van der Waals surface area contributed by atoms with Crippen molar-refractivity contribution in [2.45, 2.75) is 32.6 Å². The van der Waals surface area contributed by atoms with Gasteiger partial charge >= 0.3 is 5.97 Å². The third-order valence-corrected chi connectivity index (χ3v) is 1.80. The van der Waals surface area contributed by atoms with Crippen molar-refractivity contribution in [1.82, 2.24) is 0 Å². The van der Waals surface area contributed by atoms with E-state index in [2.05, 4.69) is 0 Å². The van der Waals surface area contributed by atoms with Crippen LogP contribution in [0.4, 0.5) is 0 Å². The van der Waals surface area contributed by atoms with Gasteiger partial charge in [0.25, 0.3) is 0 Å². The van der Waals surface area contributed by atoms with E-state index in [9.17, 15) is 4.79 Å². The maximum absolute atomic E-state index is 10.9. The molecule has 3 nitrogen and oxygen atoms in total. The number of unbranched alkanes of at least 4 members (excludes halogenated alkanes) is 2. The topological polar surface area (TPSA) is 46.5 Å². The molecular formula is C12H20O3. The molecule has 15 heavy (non-hydrogen) atoms. The molecule has 0 aliphatic carbocycles. The second kappa shape index (κ2) is 11.0. The summed E-state index contributed by atoms with van der Waals surface area (Å²) in [5.41, 5.74) is 0. The van der Waals surface area contributed by atoms with Gasteiger partial charge in [0, 0.05) is 6.42 Å². The molecule has 0 aliphatic rings. The lowest BCUT2D eigenvalue weighted by Gasteiger charge is -1.99. The average Bonchev–Trinajstić information content (AvgIpc) is 2.22. The van der Waals surface area contributed by atoms with Crippen LogP contribution in [0.3, 0.4) is 0 Å². The van der Waals surface area contributed by atoms with Crippen LogP contribution in [-0.4, -0.2) is 24.3 Å². The Hall–Kier alpha value is -1.09. The zero-order valence-corrected chi connectivity index (χ0v) is 9.32. The third-order valence-electron chi connectivity index (χ3n) is 1.80. The van der Waals surface area contributed by atoms with Crippen molar-refractivity contribution in [3.63, 3.8) is 0 Å². The first-order valence-electron chi connectivity index (χ1n) is 5.39. The molecule has 0 saturated carbocycles. The van der Waals surface area contributed by atoms with Crippen molar-refractivity contribution in [2.75, 3.05) is 13.2 Å². The molecule has 86 valence electrons. The molecule has 1 N–H and O–H groups in total. The summed E-state index contributed by atoms with van der Waals surface area (Å²) in [7, 11) is 0. The van der Waals surface area contributed by atoms with Gasteiger partial charge in [-0.2, -0.15) is 0 Å². The molecule has 0 aromatic heterocycles. The van der Waals surface area contributed by atoms with Crippen LogP contribution in [-0.2, 0) is 9.53 Å². The summed E-state index contributed by atoms with van der Waals surface area (Å²) in [5, 5.41) is 8.45. The number of allylic oxidation sites excluding steroid dienone is 3. The zero-order valence-electron chi connectivity index (χ0n) is 9.32. The maximum Gasteiger partial charge on any atom is 0.305 e. The number of rotatable bonds is 8. The standard InChI is InChI=1S/C12H20O3/c1-2-15-12(14)10-8-6-4-3-5-7-9-11-13/h3,5,7,9,13H,2,4,6,8,10-11H2,1H3. The number of carbonyl (C=O) groups is 1. The summed E-state index contributed by atoms with van der Waals surface area (Å²) in [6.45, 7) is 2.35. The summed E-state index contributed by atoms with van der Waals surface area (Å²) in [6, 6.07) is 0. The predicted octanol–water partition coefficient (Wildman–Crippen LogP) is 2.21. The molecule has 0 radical (unpaired) electrons. The lowest BCUT2D eigenvalue weighted by Crippen LogP contribution is -2.02. The largest absolute Gasteiger partial charge is 0.466 e. The van der Waals surface area contributed by atoms with Gasteiger partial charge in [0.2, 0.25) is 0 Å². The molecule has 0 fully saturated rings. The van der Waals surface area contributed by atoms with Crippen LogP contribution in [0.15, 0.2) is 24.3 Å². The Kier molecular flexibility index (Phi) is 10.2. The number of hydrogen-bond acceptors (Lipinski definition) is 3. The van der Waals surface area contributed by atoms with Crippen molar-refractivity contribution < 1.29 is 14.6 Å². The Balaban J connectivity index is 3.28. The summed E-state index contributed by atoms with van der Waals surface area (Å²) < 4.78 is 4.81. The maximum atomic E-state index is 10.9. The highest BCUT2D eigenvalue weighted by Crippen LogP contribution is 2.02. The number of esters is 1. The molecule has 0 rings (SSSR count). The first-order chi connectivity index (χ1) is 7.31. The Labute approximate surface area is 91.4 Å². The molecular weight excluding hydrogens is 192 g/mol. The highest BCUT2D eigenvalue weighted by molar-refractivity contribution is 5.69. The van der Waals surface area contributed by atoms with Crippen molar-refractivity contribution in [1.29, 1.82) is 0 Å². The van der Waals surface area contributed by atoms with Crippen LogP contribution in [0.25, 0.3) is 0 Å². The van der Waals surface area contributed by atoms with Gasteiger partial charge in [-0.1, -0.05) is 24.3 Å². The van der Waals surface area contributed by atoms with E-state index < -0.39 is 0 Å². The van der Waals surface area contributed by atoms with Crippen LogP contribution in [0, 0.1) is 0 Å². The van der Waals surface area contributed by atoms with Gasteiger partial charge < -0.3 is 9.84 Å². The third kappa shape index (κ3) is 10.8. The summed E-state index contributed by atoms with van der Waals surface area (Å²) in [5.74, 6) is -0.110. The number of aliphatic hydroxyl groups excluding tert-OH is 1. The summed E-state index contributed by atoms with van der Waals surface area (Å²) in [4.78, 5) is 10.9. The minimum atomic E-state index is -0.110. The van der Waals surface area contributed by atoms with E-state index in [4.69, 9.17) is 9.84 Å². The molecule has 0 atom stereocenters. The van der Waals surface area contributed by atoms with Gasteiger partial charge in [0.05, 0.1) is 13.2 Å². The van der Waals surface area contributed by atoms with Crippen molar-refractivity contribution in [2.24, 2.45) is 0 Å². The second-order valence-corrected chi connectivity index (χ2v) is 3.09. The Morgan fingerprint density at radius 3 is 2.67 bits per heavy atom. The van der Waals surface area contributed by atoms with E-state index in [0.29, 0.717) is 13.0 Å². The first kappa shape index (κ1) is 13.9. The van der Waals surface area contributed by atoms with Crippen LogP contribution < -0.4 is 0 Å². The van der Waals surface area contributed by atoms with Gasteiger partial charge in [-0.05, 0) is 26.2 Å². The smallest absolute Gasteiger partial charge is 0.305 e. The van der Waals surface area contributed by atoms with Crippen LogP contribution in [0.5, 0.6) is 0 Å². The van der Waals surface area contributed by atoms with Gasteiger partial charge in [-0.25, -0.2) is 0 Å². The number of aliphatic hydroxyl groups is 1. The average molecular weight is 212 g/mol. The van der Waals surface area contributed by atoms with E-state index in [1.165, 1.54) is 0 Å². The van der Waals surface area contributed by atoms with Gasteiger partial charge in [-0.15, -0.1) is 0 Å². The Morgan fingerprint density at radius 1 is 1.27 bits per heavy atom. The molecule has 0 saturated heterocycles.